The SMILES string of the molecule is C=CC=C(C(=O)CC)C(=O)OCC. The first-order chi connectivity index (χ1) is 6.17. The number of allylic oxidation sites excluding steroid dienone is 2. The highest BCUT2D eigenvalue weighted by molar-refractivity contribution is 6.17. The van der Waals surface area contributed by atoms with Crippen LogP contribution in [0, 0.1) is 0 Å². The van der Waals surface area contributed by atoms with Crippen molar-refractivity contribution in [1.82, 2.24) is 0 Å². The zero-order valence-corrected chi connectivity index (χ0v) is 8.00. The number of ketones is 1. The number of hydrogen-bond donors (Lipinski definition) is 0. The summed E-state index contributed by atoms with van der Waals surface area (Å²) < 4.78 is 4.70. The van der Waals surface area contributed by atoms with E-state index in [4.69, 9.17) is 4.74 Å². The van der Waals surface area contributed by atoms with Gasteiger partial charge >= 0.3 is 5.97 Å². The van der Waals surface area contributed by atoms with Crippen LogP contribution in [0.25, 0.3) is 0 Å². The fraction of sp³-hybridized carbons (Fsp3) is 0.400. The molecule has 0 radical (unpaired) electrons. The normalized spacial score (nSPS) is 10.8. The molecule has 0 N–H and O–H groups in total. The molecule has 3 nitrogen and oxygen atoms in total. The predicted octanol–water partition coefficient (Wildman–Crippen LogP) is 1.64. The van der Waals surface area contributed by atoms with E-state index in [2.05, 4.69) is 6.58 Å². The van der Waals surface area contributed by atoms with Crippen molar-refractivity contribution in [1.29, 1.82) is 0 Å². The average molecular weight is 182 g/mol. The summed E-state index contributed by atoms with van der Waals surface area (Å²) >= 11 is 0. The Balaban J connectivity index is 4.61. The Morgan fingerprint density at radius 2 is 2.00 bits per heavy atom. The summed E-state index contributed by atoms with van der Waals surface area (Å²) in [5.74, 6) is -0.799. The van der Waals surface area contributed by atoms with Gasteiger partial charge in [-0.3, -0.25) is 4.79 Å². The van der Waals surface area contributed by atoms with Crippen molar-refractivity contribution in [2.45, 2.75) is 20.3 Å². The molecular weight excluding hydrogens is 168 g/mol. The summed E-state index contributed by atoms with van der Waals surface area (Å²) in [6.07, 6.45) is 3.07. The lowest BCUT2D eigenvalue weighted by molar-refractivity contribution is -0.140. The van der Waals surface area contributed by atoms with E-state index in [1.807, 2.05) is 0 Å². The molecule has 0 aliphatic rings. The molecule has 0 amide bonds. The highest BCUT2D eigenvalue weighted by Crippen LogP contribution is 2.03. The van der Waals surface area contributed by atoms with Crippen molar-refractivity contribution in [3.05, 3.63) is 24.3 Å². The van der Waals surface area contributed by atoms with Crippen molar-refractivity contribution in [3.63, 3.8) is 0 Å². The van der Waals surface area contributed by atoms with Gasteiger partial charge in [0.25, 0.3) is 0 Å². The van der Waals surface area contributed by atoms with Gasteiger partial charge in [-0.1, -0.05) is 19.6 Å². The second-order valence-electron chi connectivity index (χ2n) is 2.31. The van der Waals surface area contributed by atoms with Crippen molar-refractivity contribution in [2.75, 3.05) is 6.61 Å². The van der Waals surface area contributed by atoms with Gasteiger partial charge in [0, 0.05) is 6.42 Å². The highest BCUT2D eigenvalue weighted by atomic mass is 16.5. The van der Waals surface area contributed by atoms with Crippen LogP contribution < -0.4 is 0 Å². The smallest absolute Gasteiger partial charge is 0.341 e. The Hall–Kier alpha value is -1.38. The van der Waals surface area contributed by atoms with Gasteiger partial charge in [-0.05, 0) is 13.0 Å². The van der Waals surface area contributed by atoms with Crippen LogP contribution in [0.4, 0.5) is 0 Å². The first kappa shape index (κ1) is 11.6. The molecule has 0 saturated heterocycles. The summed E-state index contributed by atoms with van der Waals surface area (Å²) in [7, 11) is 0. The topological polar surface area (TPSA) is 43.4 Å². The quantitative estimate of drug-likeness (QED) is 0.213. The van der Waals surface area contributed by atoms with Crippen LogP contribution in [0.5, 0.6) is 0 Å². The number of hydrogen-bond acceptors (Lipinski definition) is 3. The first-order valence-corrected chi connectivity index (χ1v) is 4.20. The molecule has 0 aromatic carbocycles. The van der Waals surface area contributed by atoms with Gasteiger partial charge in [-0.2, -0.15) is 0 Å². The van der Waals surface area contributed by atoms with E-state index in [0.29, 0.717) is 6.42 Å². The van der Waals surface area contributed by atoms with Gasteiger partial charge in [0.05, 0.1) is 6.61 Å². The molecule has 0 saturated carbocycles. The van der Waals surface area contributed by atoms with E-state index >= 15 is 0 Å². The van der Waals surface area contributed by atoms with Crippen molar-refractivity contribution in [2.24, 2.45) is 0 Å². The lowest BCUT2D eigenvalue weighted by atomic mass is 10.1. The maximum Gasteiger partial charge on any atom is 0.341 e. The Morgan fingerprint density at radius 3 is 2.38 bits per heavy atom. The highest BCUT2D eigenvalue weighted by Gasteiger charge is 2.16. The van der Waals surface area contributed by atoms with E-state index in [0.717, 1.165) is 0 Å². The van der Waals surface area contributed by atoms with E-state index in [9.17, 15) is 9.59 Å². The van der Waals surface area contributed by atoms with Gasteiger partial charge in [-0.25, -0.2) is 4.79 Å². The van der Waals surface area contributed by atoms with Crippen molar-refractivity contribution < 1.29 is 14.3 Å². The minimum Gasteiger partial charge on any atom is -0.462 e. The molecule has 3 heteroatoms. The fourth-order valence-electron chi connectivity index (χ4n) is 0.792. The maximum atomic E-state index is 11.2. The summed E-state index contributed by atoms with van der Waals surface area (Å²) in [6, 6.07) is 0. The van der Waals surface area contributed by atoms with Gasteiger partial charge in [0.15, 0.2) is 5.78 Å². The first-order valence-electron chi connectivity index (χ1n) is 4.20. The number of esters is 1. The molecular formula is C10H14O3. The van der Waals surface area contributed by atoms with Crippen LogP contribution in [0.15, 0.2) is 24.3 Å². The number of Topliss-reactive ketones (excluding diaryl/α,β-unsaturated/α-hetero) is 1. The van der Waals surface area contributed by atoms with Gasteiger partial charge in [0.1, 0.15) is 5.57 Å². The molecule has 0 fully saturated rings. The third-order valence-electron chi connectivity index (χ3n) is 1.40. The van der Waals surface area contributed by atoms with Crippen molar-refractivity contribution >= 4 is 11.8 Å². The summed E-state index contributed by atoms with van der Waals surface area (Å²) in [4.78, 5) is 22.4. The Kier molecular flexibility index (Phi) is 5.52. The molecule has 0 aromatic heterocycles. The number of ether oxygens (including phenoxy) is 1. The van der Waals surface area contributed by atoms with Crippen molar-refractivity contribution in [3.8, 4) is 0 Å². The van der Waals surface area contributed by atoms with Crippen LogP contribution in [0.1, 0.15) is 20.3 Å². The van der Waals surface area contributed by atoms with Crippen LogP contribution >= 0.6 is 0 Å². The second kappa shape index (κ2) is 6.17. The van der Waals surface area contributed by atoms with Gasteiger partial charge in [0.2, 0.25) is 0 Å². The van der Waals surface area contributed by atoms with Crippen LogP contribution in [0.2, 0.25) is 0 Å². The monoisotopic (exact) mass is 182 g/mol. The summed E-state index contributed by atoms with van der Waals surface area (Å²) in [5.41, 5.74) is 0.0688. The summed E-state index contributed by atoms with van der Waals surface area (Å²) in [6.45, 7) is 7.08. The second-order valence-corrected chi connectivity index (χ2v) is 2.31. The predicted molar refractivity (Wildman–Crippen MR) is 50.2 cm³/mol. The number of carbonyl (C=O) groups is 2. The van der Waals surface area contributed by atoms with Crippen LogP contribution in [0.3, 0.4) is 0 Å². The molecule has 0 aromatic rings. The zero-order valence-electron chi connectivity index (χ0n) is 8.00. The van der Waals surface area contributed by atoms with E-state index in [1.54, 1.807) is 13.8 Å². The molecule has 0 heterocycles. The Morgan fingerprint density at radius 1 is 1.38 bits per heavy atom. The van der Waals surface area contributed by atoms with E-state index in [1.165, 1.54) is 12.2 Å². The lowest BCUT2D eigenvalue weighted by Gasteiger charge is -2.03. The maximum absolute atomic E-state index is 11.2. The molecule has 0 atom stereocenters. The number of carbonyl (C=O) groups excluding carboxylic acids is 2. The molecule has 0 rings (SSSR count). The molecule has 72 valence electrons. The molecule has 0 aliphatic heterocycles. The molecule has 0 unspecified atom stereocenters. The van der Waals surface area contributed by atoms with Crippen LogP contribution in [-0.4, -0.2) is 18.4 Å². The third kappa shape index (κ3) is 3.69. The van der Waals surface area contributed by atoms with Gasteiger partial charge < -0.3 is 4.74 Å². The number of rotatable bonds is 5. The molecule has 0 spiro atoms. The van der Waals surface area contributed by atoms with E-state index < -0.39 is 5.97 Å². The summed E-state index contributed by atoms with van der Waals surface area (Å²) in [5, 5.41) is 0. The zero-order chi connectivity index (χ0) is 10.3. The van der Waals surface area contributed by atoms with Gasteiger partial charge in [-0.15, -0.1) is 0 Å². The standard InChI is InChI=1S/C10H14O3/c1-4-7-8(9(11)5-2)10(12)13-6-3/h4,7H,1,5-6H2,2-3H3. The minimum absolute atomic E-state index is 0.0688. The molecule has 0 bridgehead atoms. The molecule has 13 heavy (non-hydrogen) atoms. The fourth-order valence-corrected chi connectivity index (χ4v) is 0.792. The average Bonchev–Trinajstić information content (AvgIpc) is 2.13. The molecule has 0 aliphatic carbocycles. The van der Waals surface area contributed by atoms with E-state index in [-0.39, 0.29) is 18.0 Å². The van der Waals surface area contributed by atoms with Crippen LogP contribution in [-0.2, 0) is 14.3 Å². The Labute approximate surface area is 78.1 Å². The minimum atomic E-state index is -0.575. The Bertz CT molecular complexity index is 239. The lowest BCUT2D eigenvalue weighted by Crippen LogP contribution is -2.15. The third-order valence-corrected chi connectivity index (χ3v) is 1.40. The largest absolute Gasteiger partial charge is 0.462 e.